The van der Waals surface area contributed by atoms with Crippen LogP contribution in [0.3, 0.4) is 0 Å². The van der Waals surface area contributed by atoms with E-state index in [2.05, 4.69) is 10.3 Å². The van der Waals surface area contributed by atoms with Crippen LogP contribution >= 0.6 is 0 Å². The second-order valence-electron chi connectivity index (χ2n) is 7.56. The van der Waals surface area contributed by atoms with Gasteiger partial charge in [0.15, 0.2) is 0 Å². The number of carbonyl (C=O) groups excluding carboxylic acids is 2. The largest absolute Gasteiger partial charge is 0.497 e. The Morgan fingerprint density at radius 2 is 2.07 bits per heavy atom. The first-order chi connectivity index (χ1) is 14.5. The maximum absolute atomic E-state index is 13.5. The Labute approximate surface area is 174 Å². The summed E-state index contributed by atoms with van der Waals surface area (Å²) < 4.78 is 18.7. The Kier molecular flexibility index (Phi) is 5.70. The number of aromatic nitrogens is 1. The van der Waals surface area contributed by atoms with Crippen LogP contribution < -0.4 is 10.1 Å². The van der Waals surface area contributed by atoms with E-state index in [1.165, 1.54) is 12.1 Å². The van der Waals surface area contributed by atoms with E-state index >= 15 is 0 Å². The molecular weight excluding hydrogens is 385 g/mol. The number of aromatic amines is 1. The number of nitrogens with one attached hydrogen (secondary N) is 2. The smallest absolute Gasteiger partial charge is 0.225 e. The number of hydrogen-bond acceptors (Lipinski definition) is 3. The summed E-state index contributed by atoms with van der Waals surface area (Å²) >= 11 is 0. The lowest BCUT2D eigenvalue weighted by molar-refractivity contribution is -0.129. The molecule has 1 atom stereocenters. The summed E-state index contributed by atoms with van der Waals surface area (Å²) in [6.07, 6.45) is 2.68. The summed E-state index contributed by atoms with van der Waals surface area (Å²) in [5, 5.41) is 3.74. The first kappa shape index (κ1) is 19.9. The minimum absolute atomic E-state index is 0.0226. The first-order valence-corrected chi connectivity index (χ1v) is 9.97. The van der Waals surface area contributed by atoms with Crippen LogP contribution in [0.2, 0.25) is 0 Å². The van der Waals surface area contributed by atoms with E-state index in [0.29, 0.717) is 26.1 Å². The molecule has 30 heavy (non-hydrogen) atoms. The fourth-order valence-electron chi connectivity index (χ4n) is 3.85. The lowest BCUT2D eigenvalue weighted by Gasteiger charge is -2.16. The molecule has 4 rings (SSSR count). The number of rotatable bonds is 7. The number of nitrogens with zero attached hydrogens (tertiary/aromatic N) is 1. The van der Waals surface area contributed by atoms with Gasteiger partial charge in [-0.25, -0.2) is 4.39 Å². The summed E-state index contributed by atoms with van der Waals surface area (Å²) in [6.45, 7) is 1.32. The van der Waals surface area contributed by atoms with E-state index in [1.54, 1.807) is 18.1 Å². The molecule has 7 heteroatoms. The van der Waals surface area contributed by atoms with Crippen LogP contribution in [0, 0.1) is 11.7 Å². The lowest BCUT2D eigenvalue weighted by atomic mass is 10.1. The van der Waals surface area contributed by atoms with Gasteiger partial charge in [0.05, 0.1) is 13.0 Å². The Morgan fingerprint density at radius 1 is 1.27 bits per heavy atom. The van der Waals surface area contributed by atoms with E-state index < -0.39 is 0 Å². The Morgan fingerprint density at radius 3 is 2.83 bits per heavy atom. The number of methoxy groups -OCH3 is 1. The summed E-state index contributed by atoms with van der Waals surface area (Å²) in [4.78, 5) is 29.7. The third-order valence-electron chi connectivity index (χ3n) is 5.59. The normalized spacial score (nSPS) is 16.3. The summed E-state index contributed by atoms with van der Waals surface area (Å²) in [7, 11) is 1.61. The second-order valence-corrected chi connectivity index (χ2v) is 7.56. The molecule has 0 spiro atoms. The first-order valence-electron chi connectivity index (χ1n) is 9.97. The van der Waals surface area contributed by atoms with Gasteiger partial charge in [0, 0.05) is 43.2 Å². The predicted molar refractivity (Wildman–Crippen MR) is 111 cm³/mol. The van der Waals surface area contributed by atoms with Crippen molar-refractivity contribution in [1.29, 1.82) is 0 Å². The Bertz CT molecular complexity index is 1060. The second kappa shape index (κ2) is 8.57. The maximum Gasteiger partial charge on any atom is 0.225 e. The van der Waals surface area contributed by atoms with Gasteiger partial charge in [-0.1, -0.05) is 12.1 Å². The highest BCUT2D eigenvalue weighted by molar-refractivity contribution is 5.89. The summed E-state index contributed by atoms with van der Waals surface area (Å²) in [5.41, 5.74) is 2.80. The molecule has 1 aliphatic rings. The molecule has 1 fully saturated rings. The zero-order valence-electron chi connectivity index (χ0n) is 16.8. The molecule has 1 aromatic heterocycles. The quantitative estimate of drug-likeness (QED) is 0.630. The van der Waals surface area contributed by atoms with Crippen LogP contribution in [0.1, 0.15) is 17.5 Å². The fraction of sp³-hybridized carbons (Fsp3) is 0.304. The highest BCUT2D eigenvalue weighted by atomic mass is 19.1. The van der Waals surface area contributed by atoms with Crippen LogP contribution in [-0.4, -0.2) is 41.9 Å². The lowest BCUT2D eigenvalue weighted by Crippen LogP contribution is -2.33. The third kappa shape index (κ3) is 4.30. The number of likely N-dealkylation sites (tertiary alicyclic amines) is 1. The SMILES string of the molecule is COc1ccc(CNC(=O)[C@@H]2CC(=O)N(CCc3c[nH]c4ccc(F)cc34)C2)cc1. The van der Waals surface area contributed by atoms with Crippen molar-refractivity contribution in [3.63, 3.8) is 0 Å². The van der Waals surface area contributed by atoms with Gasteiger partial charge in [-0.15, -0.1) is 0 Å². The molecule has 2 amide bonds. The van der Waals surface area contributed by atoms with E-state index in [4.69, 9.17) is 4.74 Å². The third-order valence-corrected chi connectivity index (χ3v) is 5.59. The van der Waals surface area contributed by atoms with Crippen molar-refractivity contribution in [2.24, 2.45) is 5.92 Å². The standard InChI is InChI=1S/C23H24FN3O3/c1-30-19-5-2-15(3-6-19)12-26-23(29)17-10-22(28)27(14-17)9-8-16-13-25-21-7-4-18(24)11-20(16)21/h2-7,11,13,17,25H,8-10,12,14H2,1H3,(H,26,29)/t17-/m1/s1. The minimum Gasteiger partial charge on any atom is -0.497 e. The van der Waals surface area contributed by atoms with Crippen molar-refractivity contribution in [3.8, 4) is 5.75 Å². The Hall–Kier alpha value is -3.35. The van der Waals surface area contributed by atoms with Crippen LogP contribution in [0.15, 0.2) is 48.7 Å². The van der Waals surface area contributed by atoms with Gasteiger partial charge in [-0.3, -0.25) is 9.59 Å². The highest BCUT2D eigenvalue weighted by Gasteiger charge is 2.33. The van der Waals surface area contributed by atoms with Crippen molar-refractivity contribution in [3.05, 3.63) is 65.6 Å². The monoisotopic (exact) mass is 409 g/mol. The van der Waals surface area contributed by atoms with Gasteiger partial charge in [0.25, 0.3) is 0 Å². The van der Waals surface area contributed by atoms with E-state index in [1.807, 2.05) is 30.5 Å². The van der Waals surface area contributed by atoms with Gasteiger partial charge in [-0.05, 0) is 47.9 Å². The molecule has 2 heterocycles. The number of amides is 2. The molecule has 0 unspecified atom stereocenters. The van der Waals surface area contributed by atoms with Gasteiger partial charge in [0.2, 0.25) is 11.8 Å². The van der Waals surface area contributed by atoms with Crippen LogP contribution in [-0.2, 0) is 22.6 Å². The molecule has 1 saturated heterocycles. The van der Waals surface area contributed by atoms with Crippen LogP contribution in [0.4, 0.5) is 4.39 Å². The van der Waals surface area contributed by atoms with E-state index in [-0.39, 0.29) is 30.0 Å². The predicted octanol–water partition coefficient (Wildman–Crippen LogP) is 3.02. The summed E-state index contributed by atoms with van der Waals surface area (Å²) in [5.74, 6) is -0.00754. The zero-order valence-corrected chi connectivity index (χ0v) is 16.8. The van der Waals surface area contributed by atoms with Gasteiger partial charge in [-0.2, -0.15) is 0 Å². The van der Waals surface area contributed by atoms with Crippen molar-refractivity contribution in [2.75, 3.05) is 20.2 Å². The number of H-pyrrole nitrogens is 1. The van der Waals surface area contributed by atoms with Crippen LogP contribution in [0.25, 0.3) is 10.9 Å². The van der Waals surface area contributed by atoms with Crippen LogP contribution in [0.5, 0.6) is 5.75 Å². The van der Waals surface area contributed by atoms with Gasteiger partial charge >= 0.3 is 0 Å². The summed E-state index contributed by atoms with van der Waals surface area (Å²) in [6, 6.07) is 12.1. The minimum atomic E-state index is -0.351. The van der Waals surface area contributed by atoms with Crippen molar-refractivity contribution in [2.45, 2.75) is 19.4 Å². The maximum atomic E-state index is 13.5. The molecule has 0 radical (unpaired) electrons. The number of halogens is 1. The van der Waals surface area contributed by atoms with Crippen molar-refractivity contribution < 1.29 is 18.7 Å². The van der Waals surface area contributed by atoms with Crippen molar-refractivity contribution >= 4 is 22.7 Å². The topological polar surface area (TPSA) is 74.4 Å². The highest BCUT2D eigenvalue weighted by Crippen LogP contribution is 2.23. The molecule has 0 aliphatic carbocycles. The molecule has 6 nitrogen and oxygen atoms in total. The van der Waals surface area contributed by atoms with E-state index in [9.17, 15) is 14.0 Å². The molecule has 1 aliphatic heterocycles. The fourth-order valence-corrected chi connectivity index (χ4v) is 3.85. The molecular formula is C23H24FN3O3. The molecule has 0 bridgehead atoms. The molecule has 0 saturated carbocycles. The average molecular weight is 409 g/mol. The molecule has 3 aromatic rings. The van der Waals surface area contributed by atoms with Crippen molar-refractivity contribution in [1.82, 2.24) is 15.2 Å². The molecule has 2 aromatic carbocycles. The number of benzene rings is 2. The number of fused-ring (bicyclic) bond motifs is 1. The van der Waals surface area contributed by atoms with Gasteiger partial charge in [0.1, 0.15) is 11.6 Å². The Balaban J connectivity index is 1.30. The van der Waals surface area contributed by atoms with Gasteiger partial charge < -0.3 is 19.9 Å². The number of hydrogen-bond donors (Lipinski definition) is 2. The number of carbonyl (C=O) groups is 2. The zero-order chi connectivity index (χ0) is 21.1. The molecule has 156 valence electrons. The number of ether oxygens (including phenoxy) is 1. The molecule has 2 N–H and O–H groups in total. The average Bonchev–Trinajstić information content (AvgIpc) is 3.33. The van der Waals surface area contributed by atoms with E-state index in [0.717, 1.165) is 27.8 Å².